The second-order valence-corrected chi connectivity index (χ2v) is 6.75. The van der Waals surface area contributed by atoms with Crippen molar-refractivity contribution in [2.75, 3.05) is 7.11 Å². The van der Waals surface area contributed by atoms with Gasteiger partial charge in [-0.25, -0.2) is 17.5 Å². The Labute approximate surface area is 143 Å². The van der Waals surface area contributed by atoms with Gasteiger partial charge >= 0.3 is 0 Å². The highest BCUT2D eigenvalue weighted by Crippen LogP contribution is 2.16. The maximum Gasteiger partial charge on any atom is 0.240 e. The summed E-state index contributed by atoms with van der Waals surface area (Å²) < 4.78 is 46.7. The van der Waals surface area contributed by atoms with Crippen LogP contribution in [0.15, 0.2) is 53.4 Å². The van der Waals surface area contributed by atoms with Crippen molar-refractivity contribution < 1.29 is 17.5 Å². The Morgan fingerprint density at radius 3 is 2.64 bits per heavy atom. The fourth-order valence-corrected chi connectivity index (χ4v) is 3.10. The van der Waals surface area contributed by atoms with Gasteiger partial charge in [-0.1, -0.05) is 6.07 Å². The zero-order valence-electron chi connectivity index (χ0n) is 13.1. The van der Waals surface area contributed by atoms with Crippen LogP contribution < -0.4 is 9.46 Å². The molecule has 25 heavy (non-hydrogen) atoms. The second kappa shape index (κ2) is 6.95. The number of hydrogen-bond acceptors (Lipinski definition) is 6. The second-order valence-electron chi connectivity index (χ2n) is 4.99. The van der Waals surface area contributed by atoms with E-state index in [0.717, 1.165) is 0 Å². The Hall–Kier alpha value is -2.85. The van der Waals surface area contributed by atoms with E-state index in [4.69, 9.17) is 4.74 Å². The number of halogens is 1. The summed E-state index contributed by atoms with van der Waals surface area (Å²) in [5.74, 6) is 0.328. The van der Waals surface area contributed by atoms with E-state index >= 15 is 0 Å². The van der Waals surface area contributed by atoms with Crippen LogP contribution in [0.4, 0.5) is 4.39 Å². The Morgan fingerprint density at radius 2 is 1.96 bits per heavy atom. The number of nitrogens with one attached hydrogen (secondary N) is 1. The van der Waals surface area contributed by atoms with Gasteiger partial charge < -0.3 is 4.74 Å². The zero-order chi connectivity index (χ0) is 17.9. The smallest absolute Gasteiger partial charge is 0.240 e. The molecule has 1 aromatic heterocycles. The van der Waals surface area contributed by atoms with Crippen LogP contribution in [0.5, 0.6) is 5.75 Å². The molecule has 0 atom stereocenters. The van der Waals surface area contributed by atoms with Crippen molar-refractivity contribution in [1.29, 1.82) is 0 Å². The van der Waals surface area contributed by atoms with E-state index in [1.807, 2.05) is 0 Å². The van der Waals surface area contributed by atoms with Crippen LogP contribution in [0, 0.1) is 5.82 Å². The number of hydrogen-bond donors (Lipinski definition) is 1. The zero-order valence-corrected chi connectivity index (χ0v) is 13.9. The molecule has 1 heterocycles. The molecule has 130 valence electrons. The van der Waals surface area contributed by atoms with Gasteiger partial charge in [-0.05, 0) is 52.9 Å². The Bertz CT molecular complexity index is 973. The molecule has 0 radical (unpaired) electrons. The number of nitrogens with zero attached hydrogens (tertiary/aromatic N) is 4. The first-order valence-corrected chi connectivity index (χ1v) is 8.65. The van der Waals surface area contributed by atoms with Crippen molar-refractivity contribution in [2.45, 2.75) is 11.4 Å². The lowest BCUT2D eigenvalue weighted by molar-refractivity contribution is 0.414. The molecule has 0 fully saturated rings. The molecule has 0 unspecified atom stereocenters. The normalized spacial score (nSPS) is 11.4. The topological polar surface area (TPSA) is 99.0 Å². The number of benzene rings is 2. The molecule has 1 N–H and O–H groups in total. The summed E-state index contributed by atoms with van der Waals surface area (Å²) in [6, 6.07) is 11.6. The minimum atomic E-state index is -3.76. The quantitative estimate of drug-likeness (QED) is 0.708. The lowest BCUT2D eigenvalue weighted by atomic mass is 10.3. The fraction of sp³-hybridized carbons (Fsp3) is 0.133. The van der Waals surface area contributed by atoms with Crippen LogP contribution in [0.3, 0.4) is 0 Å². The first kappa shape index (κ1) is 17.0. The minimum absolute atomic E-state index is 0.0816. The van der Waals surface area contributed by atoms with E-state index < -0.39 is 15.8 Å². The van der Waals surface area contributed by atoms with E-state index in [2.05, 4.69) is 20.2 Å². The van der Waals surface area contributed by atoms with Gasteiger partial charge in [0.15, 0.2) is 5.82 Å². The van der Waals surface area contributed by atoms with Crippen molar-refractivity contribution in [3.63, 3.8) is 0 Å². The molecule has 3 rings (SSSR count). The van der Waals surface area contributed by atoms with E-state index in [1.54, 1.807) is 18.2 Å². The number of sulfonamides is 1. The molecule has 0 bridgehead atoms. The first-order valence-electron chi connectivity index (χ1n) is 7.16. The molecule has 10 heteroatoms. The van der Waals surface area contributed by atoms with Crippen LogP contribution in [-0.4, -0.2) is 35.7 Å². The molecule has 0 aliphatic heterocycles. The molecule has 3 aromatic rings. The minimum Gasteiger partial charge on any atom is -0.497 e. The summed E-state index contributed by atoms with van der Waals surface area (Å²) in [5.41, 5.74) is 0.392. The molecular formula is C15H14FN5O3S. The molecule has 0 spiro atoms. The van der Waals surface area contributed by atoms with Crippen molar-refractivity contribution in [3.8, 4) is 11.4 Å². The van der Waals surface area contributed by atoms with Crippen LogP contribution in [0.1, 0.15) is 5.82 Å². The van der Waals surface area contributed by atoms with Crippen LogP contribution in [0.2, 0.25) is 0 Å². The molecule has 0 saturated carbocycles. The number of aromatic nitrogens is 4. The van der Waals surface area contributed by atoms with Crippen molar-refractivity contribution in [1.82, 2.24) is 24.9 Å². The average Bonchev–Trinajstić information content (AvgIpc) is 3.09. The Morgan fingerprint density at radius 1 is 1.20 bits per heavy atom. The molecule has 0 saturated heterocycles. The maximum absolute atomic E-state index is 13.3. The third kappa shape index (κ3) is 3.80. The van der Waals surface area contributed by atoms with Crippen molar-refractivity contribution >= 4 is 10.0 Å². The standard InChI is InChI=1S/C15H14FN5O3S/c1-24-13-5-7-14(8-6-13)25(22,23)17-10-15-18-19-20-21(15)12-4-2-3-11(16)9-12/h2-9,17H,10H2,1H3. The van der Waals surface area contributed by atoms with Gasteiger partial charge in [0.25, 0.3) is 0 Å². The van der Waals surface area contributed by atoms with Gasteiger partial charge in [0.1, 0.15) is 11.6 Å². The molecule has 0 amide bonds. The Balaban J connectivity index is 1.78. The highest BCUT2D eigenvalue weighted by Gasteiger charge is 2.17. The van der Waals surface area contributed by atoms with Gasteiger partial charge in [0, 0.05) is 0 Å². The highest BCUT2D eigenvalue weighted by atomic mass is 32.2. The summed E-state index contributed by atoms with van der Waals surface area (Å²) in [7, 11) is -2.26. The summed E-state index contributed by atoms with van der Waals surface area (Å²) in [6.07, 6.45) is 0. The lowest BCUT2D eigenvalue weighted by Gasteiger charge is -2.08. The summed E-state index contributed by atoms with van der Waals surface area (Å²) in [4.78, 5) is 0.0816. The monoisotopic (exact) mass is 363 g/mol. The van der Waals surface area contributed by atoms with E-state index in [1.165, 1.54) is 42.1 Å². The number of methoxy groups -OCH3 is 1. The lowest BCUT2D eigenvalue weighted by Crippen LogP contribution is -2.25. The molecule has 0 aliphatic carbocycles. The van der Waals surface area contributed by atoms with Gasteiger partial charge in [0.2, 0.25) is 10.0 Å². The number of ether oxygens (including phenoxy) is 1. The van der Waals surface area contributed by atoms with Crippen LogP contribution >= 0.6 is 0 Å². The molecule has 0 aliphatic rings. The molecule has 8 nitrogen and oxygen atoms in total. The Kier molecular flexibility index (Phi) is 4.72. The highest BCUT2D eigenvalue weighted by molar-refractivity contribution is 7.89. The number of rotatable bonds is 6. The average molecular weight is 363 g/mol. The summed E-state index contributed by atoms with van der Waals surface area (Å²) >= 11 is 0. The summed E-state index contributed by atoms with van der Waals surface area (Å²) in [5, 5.41) is 11.1. The SMILES string of the molecule is COc1ccc(S(=O)(=O)NCc2nnnn2-c2cccc(F)c2)cc1. The predicted molar refractivity (Wildman–Crippen MR) is 86.1 cm³/mol. The number of tetrazole rings is 1. The van der Waals surface area contributed by atoms with Gasteiger partial charge in [0.05, 0.1) is 24.2 Å². The van der Waals surface area contributed by atoms with Gasteiger partial charge in [-0.2, -0.15) is 4.68 Å². The molecule has 2 aromatic carbocycles. The first-order chi connectivity index (χ1) is 12.0. The van der Waals surface area contributed by atoms with Crippen molar-refractivity contribution in [3.05, 3.63) is 60.2 Å². The third-order valence-electron chi connectivity index (χ3n) is 3.38. The fourth-order valence-electron chi connectivity index (χ4n) is 2.12. The van der Waals surface area contributed by atoms with Crippen LogP contribution in [0.25, 0.3) is 5.69 Å². The van der Waals surface area contributed by atoms with Crippen LogP contribution in [-0.2, 0) is 16.6 Å². The van der Waals surface area contributed by atoms with E-state index in [-0.39, 0.29) is 17.3 Å². The van der Waals surface area contributed by atoms with E-state index in [9.17, 15) is 12.8 Å². The molecular weight excluding hydrogens is 349 g/mol. The largest absolute Gasteiger partial charge is 0.497 e. The van der Waals surface area contributed by atoms with E-state index in [0.29, 0.717) is 11.4 Å². The summed E-state index contributed by atoms with van der Waals surface area (Å²) in [6.45, 7) is -0.155. The third-order valence-corrected chi connectivity index (χ3v) is 4.79. The predicted octanol–water partition coefficient (Wildman–Crippen LogP) is 1.29. The maximum atomic E-state index is 13.3. The van der Waals surface area contributed by atoms with Crippen molar-refractivity contribution in [2.24, 2.45) is 0 Å². The van der Waals surface area contributed by atoms with Gasteiger partial charge in [-0.15, -0.1) is 5.10 Å². The van der Waals surface area contributed by atoms with Gasteiger partial charge in [-0.3, -0.25) is 0 Å².